The number of piperazine rings is 1. The number of amides is 1. The lowest BCUT2D eigenvalue weighted by Gasteiger charge is -2.46. The second-order valence-corrected chi connectivity index (χ2v) is 13.7. The highest BCUT2D eigenvalue weighted by Gasteiger charge is 2.41. The van der Waals surface area contributed by atoms with Gasteiger partial charge in [-0.2, -0.15) is 26.3 Å². The summed E-state index contributed by atoms with van der Waals surface area (Å²) < 4.78 is 80.7. The molecule has 1 atom stereocenters. The Morgan fingerprint density at radius 2 is 1.44 bits per heavy atom. The summed E-state index contributed by atoms with van der Waals surface area (Å²) in [6, 6.07) is 7.48. The van der Waals surface area contributed by atoms with Crippen molar-refractivity contribution in [2.45, 2.75) is 81.6 Å². The van der Waals surface area contributed by atoms with Crippen LogP contribution in [-0.4, -0.2) is 72.5 Å². The van der Waals surface area contributed by atoms with Gasteiger partial charge in [-0.1, -0.05) is 48.5 Å². The molecule has 1 amide bonds. The van der Waals surface area contributed by atoms with Gasteiger partial charge in [-0.05, 0) is 80.1 Å². The van der Waals surface area contributed by atoms with Gasteiger partial charge in [0, 0.05) is 50.7 Å². The predicted octanol–water partition coefficient (Wildman–Crippen LogP) is 8.47. The van der Waals surface area contributed by atoms with Crippen LogP contribution in [0.3, 0.4) is 0 Å². The van der Waals surface area contributed by atoms with Crippen LogP contribution in [0, 0.1) is 0 Å². The summed E-state index contributed by atoms with van der Waals surface area (Å²) >= 11 is 12.7. The maximum atomic E-state index is 13.5. The average molecular weight is 679 g/mol. The van der Waals surface area contributed by atoms with Crippen LogP contribution in [0.1, 0.15) is 73.6 Å². The number of alkyl halides is 6. The molecule has 12 heteroatoms. The number of likely N-dealkylation sites (tertiary alicyclic amines) is 1. The van der Waals surface area contributed by atoms with Crippen molar-refractivity contribution in [2.75, 3.05) is 45.8 Å². The van der Waals surface area contributed by atoms with Crippen molar-refractivity contribution in [1.82, 2.24) is 14.7 Å². The number of halogens is 8. The number of benzene rings is 2. The standard InChI is InChI=1S/C33H39Cl2F6N3O/c34-28-8-7-24(21-29(28)35)31(10-12-42-13-15-43(16-14-42)27-5-2-1-3-6-27)9-4-11-44(22-31)30(45)19-23-17-25(32(36,37)38)20-26(18-23)33(39,40)41/h7-8,17-18,20-21,27H,1-6,9-16,19,22H2/t31-/m1/s1. The van der Waals surface area contributed by atoms with Crippen LogP contribution in [0.25, 0.3) is 0 Å². The summed E-state index contributed by atoms with van der Waals surface area (Å²) in [5, 5.41) is 0.796. The molecule has 3 fully saturated rings. The van der Waals surface area contributed by atoms with E-state index in [4.69, 9.17) is 23.2 Å². The molecule has 2 aromatic carbocycles. The van der Waals surface area contributed by atoms with Crippen LogP contribution in [0.4, 0.5) is 26.3 Å². The molecule has 248 valence electrons. The van der Waals surface area contributed by atoms with Crippen molar-refractivity contribution >= 4 is 29.1 Å². The molecule has 1 saturated carbocycles. The van der Waals surface area contributed by atoms with Gasteiger partial charge in [-0.25, -0.2) is 0 Å². The zero-order valence-electron chi connectivity index (χ0n) is 25.1. The van der Waals surface area contributed by atoms with Gasteiger partial charge < -0.3 is 9.80 Å². The Bertz CT molecular complexity index is 1310. The van der Waals surface area contributed by atoms with Crippen molar-refractivity contribution in [1.29, 1.82) is 0 Å². The van der Waals surface area contributed by atoms with Gasteiger partial charge in [-0.3, -0.25) is 9.69 Å². The van der Waals surface area contributed by atoms with Gasteiger partial charge in [0.05, 0.1) is 27.6 Å². The third-order valence-corrected chi connectivity index (χ3v) is 10.6. The van der Waals surface area contributed by atoms with Gasteiger partial charge in [0.2, 0.25) is 5.91 Å². The summed E-state index contributed by atoms with van der Waals surface area (Å²) in [5.74, 6) is -0.507. The van der Waals surface area contributed by atoms with Crippen molar-refractivity contribution in [3.8, 4) is 0 Å². The number of rotatable bonds is 7. The van der Waals surface area contributed by atoms with Crippen LogP contribution in [0.15, 0.2) is 36.4 Å². The van der Waals surface area contributed by atoms with E-state index < -0.39 is 41.2 Å². The Morgan fingerprint density at radius 1 is 0.800 bits per heavy atom. The molecule has 0 N–H and O–H groups in total. The van der Waals surface area contributed by atoms with Crippen molar-refractivity contribution in [3.05, 3.63) is 68.7 Å². The third-order valence-electron chi connectivity index (χ3n) is 9.87. The first kappa shape index (κ1) is 34.3. The van der Waals surface area contributed by atoms with E-state index in [9.17, 15) is 31.1 Å². The number of nitrogens with zero attached hydrogens (tertiary/aromatic N) is 3. The lowest BCUT2D eigenvalue weighted by molar-refractivity contribution is -0.143. The van der Waals surface area contributed by atoms with Crippen molar-refractivity contribution in [3.63, 3.8) is 0 Å². The van der Waals surface area contributed by atoms with E-state index in [-0.39, 0.29) is 18.2 Å². The number of piperidine rings is 1. The molecule has 0 radical (unpaired) electrons. The molecule has 1 aliphatic carbocycles. The van der Waals surface area contributed by atoms with Crippen LogP contribution in [-0.2, 0) is 29.0 Å². The SMILES string of the molecule is O=C(Cc1cc(C(F)(F)F)cc(C(F)(F)F)c1)N1CCC[C@](CCN2CCN(C3CCCCC3)CC2)(c2ccc(Cl)c(Cl)c2)C1. The van der Waals surface area contributed by atoms with Crippen LogP contribution in [0.2, 0.25) is 10.0 Å². The summed E-state index contributed by atoms with van der Waals surface area (Å²) in [5.41, 5.74) is -2.73. The zero-order chi connectivity index (χ0) is 32.4. The molecule has 4 nitrogen and oxygen atoms in total. The van der Waals surface area contributed by atoms with E-state index in [1.54, 1.807) is 11.0 Å². The summed E-state index contributed by atoms with van der Waals surface area (Å²) in [6.07, 6.45) is -1.95. The van der Waals surface area contributed by atoms with Gasteiger partial charge in [0.1, 0.15) is 0 Å². The number of carbonyl (C=O) groups is 1. The smallest absolute Gasteiger partial charge is 0.342 e. The van der Waals surface area contributed by atoms with Crippen molar-refractivity contribution < 1.29 is 31.1 Å². The van der Waals surface area contributed by atoms with Gasteiger partial charge in [-0.15, -0.1) is 0 Å². The number of carbonyl (C=O) groups excluding carboxylic acids is 1. The molecule has 2 heterocycles. The van der Waals surface area contributed by atoms with E-state index >= 15 is 0 Å². The first-order chi connectivity index (χ1) is 21.2. The Morgan fingerprint density at radius 3 is 2.04 bits per heavy atom. The molecule has 2 aromatic rings. The van der Waals surface area contributed by atoms with Gasteiger partial charge in [0.25, 0.3) is 0 Å². The lowest BCUT2D eigenvalue weighted by Crippen LogP contribution is -2.53. The first-order valence-electron chi connectivity index (χ1n) is 15.7. The summed E-state index contributed by atoms with van der Waals surface area (Å²) in [7, 11) is 0. The largest absolute Gasteiger partial charge is 0.416 e. The van der Waals surface area contributed by atoms with E-state index in [2.05, 4.69) is 9.80 Å². The normalized spacial score (nSPS) is 23.0. The number of hydrogen-bond acceptors (Lipinski definition) is 3. The minimum atomic E-state index is -4.98. The molecule has 0 aromatic heterocycles. The molecular weight excluding hydrogens is 639 g/mol. The quantitative estimate of drug-likeness (QED) is 0.275. The number of hydrogen-bond donors (Lipinski definition) is 0. The monoisotopic (exact) mass is 677 g/mol. The predicted molar refractivity (Wildman–Crippen MR) is 164 cm³/mol. The summed E-state index contributed by atoms with van der Waals surface area (Å²) in [6.45, 7) is 5.40. The molecule has 3 aliphatic rings. The Balaban J connectivity index is 1.32. The van der Waals surface area contributed by atoms with E-state index in [0.717, 1.165) is 51.1 Å². The van der Waals surface area contributed by atoms with Gasteiger partial charge in [0.15, 0.2) is 0 Å². The molecule has 2 aliphatic heterocycles. The maximum absolute atomic E-state index is 13.5. The fourth-order valence-corrected chi connectivity index (χ4v) is 7.63. The third kappa shape index (κ3) is 8.48. The summed E-state index contributed by atoms with van der Waals surface area (Å²) in [4.78, 5) is 20.2. The van der Waals surface area contributed by atoms with E-state index in [1.165, 1.54) is 32.1 Å². The highest BCUT2D eigenvalue weighted by atomic mass is 35.5. The molecular formula is C33H39Cl2F6N3O. The molecule has 0 spiro atoms. The fourth-order valence-electron chi connectivity index (χ4n) is 7.33. The molecule has 0 unspecified atom stereocenters. The molecule has 0 bridgehead atoms. The van der Waals surface area contributed by atoms with Crippen LogP contribution < -0.4 is 0 Å². The van der Waals surface area contributed by atoms with Crippen LogP contribution in [0.5, 0.6) is 0 Å². The minimum Gasteiger partial charge on any atom is -0.342 e. The lowest BCUT2D eigenvalue weighted by atomic mass is 9.71. The zero-order valence-corrected chi connectivity index (χ0v) is 26.6. The highest BCUT2D eigenvalue weighted by molar-refractivity contribution is 6.42. The molecule has 2 saturated heterocycles. The Hall–Kier alpha value is -2.01. The Kier molecular flexibility index (Phi) is 10.7. The topological polar surface area (TPSA) is 26.8 Å². The highest BCUT2D eigenvalue weighted by Crippen LogP contribution is 2.41. The fraction of sp³-hybridized carbons (Fsp3) is 0.606. The van der Waals surface area contributed by atoms with E-state index in [1.807, 2.05) is 12.1 Å². The van der Waals surface area contributed by atoms with E-state index in [0.29, 0.717) is 41.2 Å². The van der Waals surface area contributed by atoms with Crippen molar-refractivity contribution in [2.24, 2.45) is 0 Å². The van der Waals surface area contributed by atoms with Gasteiger partial charge >= 0.3 is 12.4 Å². The Labute approximate surface area is 270 Å². The maximum Gasteiger partial charge on any atom is 0.416 e. The van der Waals surface area contributed by atoms with Crippen LogP contribution >= 0.6 is 23.2 Å². The second kappa shape index (κ2) is 14.0. The minimum absolute atomic E-state index is 0.0825. The molecule has 5 rings (SSSR count). The molecule has 45 heavy (non-hydrogen) atoms. The average Bonchev–Trinajstić information content (AvgIpc) is 3.01. The second-order valence-electron chi connectivity index (χ2n) is 12.8. The first-order valence-corrected chi connectivity index (χ1v) is 16.5.